The lowest BCUT2D eigenvalue weighted by molar-refractivity contribution is 0.174. The SMILES string of the molecule is Nc1c(Nc2ccc(F)c(F)c2)ncnc1N1CCN(Cc2ccc3c(c2)OCO3)CC1. The first-order chi connectivity index (χ1) is 15.6. The standard InChI is InChI=1S/C22H22F2N6O2/c23-16-3-2-15(10-17(16)24)28-21-20(25)22(27-12-26-21)30-7-5-29(6-8-30)11-14-1-4-18-19(9-14)32-13-31-18/h1-4,9-10,12H,5-8,11,13,25H2,(H,26,27,28). The van der Waals surface area contributed by atoms with Crippen molar-refractivity contribution in [3.8, 4) is 11.5 Å². The van der Waals surface area contributed by atoms with E-state index in [0.717, 1.165) is 56.4 Å². The van der Waals surface area contributed by atoms with Gasteiger partial charge in [0, 0.05) is 44.5 Å². The summed E-state index contributed by atoms with van der Waals surface area (Å²) < 4.78 is 37.5. The summed E-state index contributed by atoms with van der Waals surface area (Å²) in [6, 6.07) is 9.55. The fourth-order valence-electron chi connectivity index (χ4n) is 3.86. The van der Waals surface area contributed by atoms with E-state index in [4.69, 9.17) is 15.2 Å². The Bertz CT molecular complexity index is 1140. The van der Waals surface area contributed by atoms with E-state index in [1.54, 1.807) is 0 Å². The van der Waals surface area contributed by atoms with Crippen LogP contribution in [0.5, 0.6) is 11.5 Å². The van der Waals surface area contributed by atoms with E-state index in [-0.39, 0.29) is 6.79 Å². The van der Waals surface area contributed by atoms with Crippen LogP contribution in [-0.4, -0.2) is 47.8 Å². The predicted octanol–water partition coefficient (Wildman–Crippen LogP) is 3.13. The topological polar surface area (TPSA) is 88.8 Å². The van der Waals surface area contributed by atoms with Gasteiger partial charge < -0.3 is 25.4 Å². The number of ether oxygens (including phenoxy) is 2. The molecule has 0 bridgehead atoms. The lowest BCUT2D eigenvalue weighted by atomic mass is 10.1. The summed E-state index contributed by atoms with van der Waals surface area (Å²) in [5, 5.41) is 2.94. The molecule has 2 aromatic carbocycles. The van der Waals surface area contributed by atoms with Crippen LogP contribution in [0.15, 0.2) is 42.7 Å². The van der Waals surface area contributed by atoms with Crippen LogP contribution in [0.2, 0.25) is 0 Å². The number of nitrogens with one attached hydrogen (secondary N) is 1. The Hall–Kier alpha value is -3.66. The van der Waals surface area contributed by atoms with Gasteiger partial charge in [-0.1, -0.05) is 6.07 Å². The first-order valence-electron chi connectivity index (χ1n) is 10.3. The molecule has 8 nitrogen and oxygen atoms in total. The maximum atomic E-state index is 13.5. The largest absolute Gasteiger partial charge is 0.454 e. The van der Waals surface area contributed by atoms with Crippen LogP contribution in [0.1, 0.15) is 5.56 Å². The predicted molar refractivity (Wildman–Crippen MR) is 116 cm³/mol. The summed E-state index contributed by atoms with van der Waals surface area (Å²) in [5.41, 5.74) is 8.19. The molecule has 1 fully saturated rings. The molecule has 3 N–H and O–H groups in total. The van der Waals surface area contributed by atoms with Crippen LogP contribution in [0.3, 0.4) is 0 Å². The van der Waals surface area contributed by atoms with E-state index in [2.05, 4.69) is 31.2 Å². The molecule has 5 rings (SSSR count). The molecule has 0 spiro atoms. The van der Waals surface area contributed by atoms with Gasteiger partial charge in [-0.15, -0.1) is 0 Å². The molecule has 0 radical (unpaired) electrons. The third kappa shape index (κ3) is 4.09. The van der Waals surface area contributed by atoms with Gasteiger partial charge in [-0.3, -0.25) is 4.90 Å². The van der Waals surface area contributed by atoms with E-state index >= 15 is 0 Å². The van der Waals surface area contributed by atoms with Crippen LogP contribution in [0, 0.1) is 11.6 Å². The number of nitrogen functional groups attached to an aromatic ring is 1. The van der Waals surface area contributed by atoms with Crippen molar-refractivity contribution in [2.75, 3.05) is 48.9 Å². The third-order valence-electron chi connectivity index (χ3n) is 5.56. The molecule has 1 aromatic heterocycles. The first-order valence-corrected chi connectivity index (χ1v) is 10.3. The van der Waals surface area contributed by atoms with E-state index < -0.39 is 11.6 Å². The highest BCUT2D eigenvalue weighted by Crippen LogP contribution is 2.33. The summed E-state index contributed by atoms with van der Waals surface area (Å²) >= 11 is 0. The van der Waals surface area contributed by atoms with Crippen molar-refractivity contribution < 1.29 is 18.3 Å². The van der Waals surface area contributed by atoms with Crippen LogP contribution in [0.4, 0.5) is 31.8 Å². The van der Waals surface area contributed by atoms with E-state index in [1.165, 1.54) is 18.0 Å². The molecule has 166 valence electrons. The summed E-state index contributed by atoms with van der Waals surface area (Å²) in [7, 11) is 0. The molecule has 3 aromatic rings. The number of piperazine rings is 1. The Kier molecular flexibility index (Phi) is 5.36. The van der Waals surface area contributed by atoms with Crippen molar-refractivity contribution in [3.05, 3.63) is 59.9 Å². The van der Waals surface area contributed by atoms with Gasteiger partial charge in [0.1, 0.15) is 12.0 Å². The minimum Gasteiger partial charge on any atom is -0.454 e. The van der Waals surface area contributed by atoms with Gasteiger partial charge in [0.15, 0.2) is 34.8 Å². The van der Waals surface area contributed by atoms with Crippen molar-refractivity contribution in [1.29, 1.82) is 0 Å². The summed E-state index contributed by atoms with van der Waals surface area (Å²) in [6.45, 7) is 4.25. The molecule has 0 unspecified atom stereocenters. The molecular formula is C22H22F2N6O2. The zero-order valence-corrected chi connectivity index (χ0v) is 17.2. The number of rotatable bonds is 5. The zero-order valence-electron chi connectivity index (χ0n) is 17.2. The van der Waals surface area contributed by atoms with Crippen molar-refractivity contribution in [1.82, 2.24) is 14.9 Å². The Morgan fingerprint density at radius 2 is 1.75 bits per heavy atom. The van der Waals surface area contributed by atoms with Crippen LogP contribution < -0.4 is 25.4 Å². The summed E-state index contributed by atoms with van der Waals surface area (Å²) in [5.74, 6) is 0.685. The maximum absolute atomic E-state index is 13.5. The molecule has 2 aliphatic heterocycles. The number of aromatic nitrogens is 2. The van der Waals surface area contributed by atoms with Crippen LogP contribution in [0.25, 0.3) is 0 Å². The minimum absolute atomic E-state index is 0.269. The summed E-state index contributed by atoms with van der Waals surface area (Å²) in [4.78, 5) is 13.0. The lowest BCUT2D eigenvalue weighted by Gasteiger charge is -2.36. The van der Waals surface area contributed by atoms with Crippen molar-refractivity contribution >= 4 is 23.0 Å². The molecule has 3 heterocycles. The molecular weight excluding hydrogens is 418 g/mol. The van der Waals surface area contributed by atoms with Crippen LogP contribution >= 0.6 is 0 Å². The monoisotopic (exact) mass is 440 g/mol. The second kappa shape index (κ2) is 8.46. The summed E-state index contributed by atoms with van der Waals surface area (Å²) in [6.07, 6.45) is 1.41. The minimum atomic E-state index is -0.943. The Balaban J connectivity index is 1.23. The van der Waals surface area contributed by atoms with Gasteiger partial charge in [-0.25, -0.2) is 18.7 Å². The third-order valence-corrected chi connectivity index (χ3v) is 5.56. The van der Waals surface area contributed by atoms with Gasteiger partial charge in [-0.2, -0.15) is 0 Å². The Morgan fingerprint density at radius 1 is 0.938 bits per heavy atom. The average Bonchev–Trinajstić information content (AvgIpc) is 3.26. The smallest absolute Gasteiger partial charge is 0.231 e. The van der Waals surface area contributed by atoms with Gasteiger partial charge >= 0.3 is 0 Å². The second-order valence-electron chi connectivity index (χ2n) is 7.66. The quantitative estimate of drug-likeness (QED) is 0.626. The van der Waals surface area contributed by atoms with E-state index in [9.17, 15) is 8.78 Å². The number of nitrogens with two attached hydrogens (primary N) is 1. The highest BCUT2D eigenvalue weighted by Gasteiger charge is 2.22. The number of hydrogen-bond donors (Lipinski definition) is 2. The first kappa shape index (κ1) is 20.3. The van der Waals surface area contributed by atoms with Gasteiger partial charge in [-0.05, 0) is 29.8 Å². The molecule has 0 saturated carbocycles. The molecule has 0 aliphatic carbocycles. The number of nitrogens with zero attached hydrogens (tertiary/aromatic N) is 4. The molecule has 1 saturated heterocycles. The number of halogens is 2. The number of hydrogen-bond acceptors (Lipinski definition) is 8. The molecule has 0 amide bonds. The fourth-order valence-corrected chi connectivity index (χ4v) is 3.86. The lowest BCUT2D eigenvalue weighted by Crippen LogP contribution is -2.46. The molecule has 0 atom stereocenters. The average molecular weight is 440 g/mol. The molecule has 2 aliphatic rings. The Labute approximate surface area is 183 Å². The molecule has 32 heavy (non-hydrogen) atoms. The number of fused-ring (bicyclic) bond motifs is 1. The van der Waals surface area contributed by atoms with Gasteiger partial charge in [0.05, 0.1) is 0 Å². The maximum Gasteiger partial charge on any atom is 0.231 e. The van der Waals surface area contributed by atoms with Gasteiger partial charge in [0.25, 0.3) is 0 Å². The van der Waals surface area contributed by atoms with E-state index in [1.807, 2.05) is 12.1 Å². The highest BCUT2D eigenvalue weighted by atomic mass is 19.2. The Morgan fingerprint density at radius 3 is 2.56 bits per heavy atom. The van der Waals surface area contributed by atoms with E-state index in [0.29, 0.717) is 23.0 Å². The highest BCUT2D eigenvalue weighted by molar-refractivity contribution is 5.78. The van der Waals surface area contributed by atoms with Crippen molar-refractivity contribution in [2.45, 2.75) is 6.54 Å². The molecule has 10 heteroatoms. The second-order valence-corrected chi connectivity index (χ2v) is 7.66. The normalized spacial score (nSPS) is 15.8. The van der Waals surface area contributed by atoms with Crippen LogP contribution in [-0.2, 0) is 6.54 Å². The fraction of sp³-hybridized carbons (Fsp3) is 0.273. The number of anilines is 4. The zero-order chi connectivity index (χ0) is 22.1. The van der Waals surface area contributed by atoms with Gasteiger partial charge in [0.2, 0.25) is 6.79 Å². The van der Waals surface area contributed by atoms with Crippen molar-refractivity contribution in [2.24, 2.45) is 0 Å². The van der Waals surface area contributed by atoms with Crippen molar-refractivity contribution in [3.63, 3.8) is 0 Å². The number of benzene rings is 2.